The van der Waals surface area contributed by atoms with Gasteiger partial charge >= 0.3 is 11.8 Å². The zero-order valence-corrected chi connectivity index (χ0v) is 15.6. The third-order valence-corrected chi connectivity index (χ3v) is 4.62. The van der Waals surface area contributed by atoms with Crippen molar-refractivity contribution in [3.63, 3.8) is 0 Å². The number of hydrogen-bond acceptors (Lipinski definition) is 7. The normalized spacial score (nSPS) is 25.6. The highest BCUT2D eigenvalue weighted by Gasteiger charge is 2.42. The zero-order chi connectivity index (χ0) is 20.1. The van der Waals surface area contributed by atoms with Crippen LogP contribution in [0.4, 0.5) is 10.6 Å². The number of hydrogen-bond donors (Lipinski definition) is 3. The van der Waals surface area contributed by atoms with Gasteiger partial charge in [0.2, 0.25) is 0 Å². The summed E-state index contributed by atoms with van der Waals surface area (Å²) in [4.78, 5) is 27.9. The molecule has 1 aromatic heterocycles. The lowest BCUT2D eigenvalue weighted by molar-refractivity contribution is -0.0350. The SMILES string of the molecule is C#Cc1cn([C@@H]2O[C@H](C)[C@@H](O)[C@H]2O)c(=O)nc1NC(=O)OCCC(C)CC. The molecule has 0 saturated carbocycles. The first-order chi connectivity index (χ1) is 12.8. The summed E-state index contributed by atoms with van der Waals surface area (Å²) < 4.78 is 11.5. The molecule has 9 heteroatoms. The minimum Gasteiger partial charge on any atom is -0.449 e. The first kappa shape index (κ1) is 20.9. The predicted molar refractivity (Wildman–Crippen MR) is 97.1 cm³/mol. The average molecular weight is 379 g/mol. The number of nitrogens with zero attached hydrogens (tertiary/aromatic N) is 2. The molecule has 3 N–H and O–H groups in total. The molecule has 9 nitrogen and oxygen atoms in total. The molecule has 0 aliphatic carbocycles. The van der Waals surface area contributed by atoms with Crippen LogP contribution in [-0.2, 0) is 9.47 Å². The Balaban J connectivity index is 2.14. The van der Waals surface area contributed by atoms with Crippen molar-refractivity contribution in [1.29, 1.82) is 0 Å². The molecular weight excluding hydrogens is 354 g/mol. The van der Waals surface area contributed by atoms with Gasteiger partial charge in [-0.15, -0.1) is 6.42 Å². The molecule has 0 spiro atoms. The predicted octanol–water partition coefficient (Wildman–Crippen LogP) is 0.848. The van der Waals surface area contributed by atoms with Crippen molar-refractivity contribution >= 4 is 11.9 Å². The van der Waals surface area contributed by atoms with Crippen molar-refractivity contribution < 1.29 is 24.5 Å². The van der Waals surface area contributed by atoms with Crippen LogP contribution in [-0.4, -0.2) is 50.8 Å². The van der Waals surface area contributed by atoms with Gasteiger partial charge in [-0.3, -0.25) is 9.88 Å². The van der Waals surface area contributed by atoms with Crippen molar-refractivity contribution in [2.75, 3.05) is 11.9 Å². The lowest BCUT2D eigenvalue weighted by Crippen LogP contribution is -2.36. The van der Waals surface area contributed by atoms with Crippen LogP contribution < -0.4 is 11.0 Å². The van der Waals surface area contributed by atoms with Crippen molar-refractivity contribution in [1.82, 2.24) is 9.55 Å². The highest BCUT2D eigenvalue weighted by molar-refractivity contribution is 5.84. The van der Waals surface area contributed by atoms with Gasteiger partial charge in [0, 0.05) is 6.20 Å². The summed E-state index contributed by atoms with van der Waals surface area (Å²) in [6, 6.07) is 0. The number of aliphatic hydroxyl groups excluding tert-OH is 2. The number of amides is 1. The Morgan fingerprint density at radius 3 is 2.78 bits per heavy atom. The molecule has 2 rings (SSSR count). The number of aliphatic hydroxyl groups is 2. The number of ether oxygens (including phenoxy) is 2. The van der Waals surface area contributed by atoms with Crippen LogP contribution in [0.25, 0.3) is 0 Å². The van der Waals surface area contributed by atoms with Crippen LogP contribution in [0.5, 0.6) is 0 Å². The second-order valence-corrected chi connectivity index (χ2v) is 6.61. The Labute approximate surface area is 157 Å². The van der Waals surface area contributed by atoms with Crippen molar-refractivity contribution in [3.05, 3.63) is 22.2 Å². The van der Waals surface area contributed by atoms with Crippen LogP contribution in [0.2, 0.25) is 0 Å². The van der Waals surface area contributed by atoms with Crippen LogP contribution in [0.15, 0.2) is 11.0 Å². The number of carbonyl (C=O) groups is 1. The summed E-state index contributed by atoms with van der Waals surface area (Å²) in [7, 11) is 0. The van der Waals surface area contributed by atoms with Gasteiger partial charge in [-0.2, -0.15) is 4.98 Å². The molecule has 2 heterocycles. The summed E-state index contributed by atoms with van der Waals surface area (Å²) in [6.45, 7) is 5.91. The number of aromatic nitrogens is 2. The quantitative estimate of drug-likeness (QED) is 0.626. The zero-order valence-electron chi connectivity index (χ0n) is 15.6. The van der Waals surface area contributed by atoms with E-state index in [0.717, 1.165) is 17.4 Å². The van der Waals surface area contributed by atoms with E-state index in [-0.39, 0.29) is 18.0 Å². The second kappa shape index (κ2) is 8.99. The lowest BCUT2D eigenvalue weighted by Gasteiger charge is -2.18. The molecule has 1 unspecified atom stereocenters. The average Bonchev–Trinajstić information content (AvgIpc) is 2.89. The summed E-state index contributed by atoms with van der Waals surface area (Å²) in [5, 5.41) is 22.2. The van der Waals surface area contributed by atoms with E-state index < -0.39 is 36.3 Å². The molecule has 1 aliphatic heterocycles. The van der Waals surface area contributed by atoms with E-state index in [1.807, 2.05) is 6.92 Å². The van der Waals surface area contributed by atoms with E-state index in [1.165, 1.54) is 6.20 Å². The molecule has 0 aromatic carbocycles. The number of terminal acetylenes is 1. The van der Waals surface area contributed by atoms with E-state index >= 15 is 0 Å². The van der Waals surface area contributed by atoms with Crippen LogP contribution in [0.1, 0.15) is 45.4 Å². The molecular formula is C18H25N3O6. The van der Waals surface area contributed by atoms with E-state index in [2.05, 4.69) is 23.1 Å². The first-order valence-corrected chi connectivity index (χ1v) is 8.83. The van der Waals surface area contributed by atoms with Gasteiger partial charge in [-0.05, 0) is 19.3 Å². The van der Waals surface area contributed by atoms with Crippen LogP contribution in [0.3, 0.4) is 0 Å². The number of carbonyl (C=O) groups excluding carboxylic acids is 1. The Bertz CT molecular complexity index is 771. The summed E-state index contributed by atoms with van der Waals surface area (Å²) >= 11 is 0. The molecule has 0 bridgehead atoms. The third kappa shape index (κ3) is 4.86. The fourth-order valence-corrected chi connectivity index (χ4v) is 2.60. The van der Waals surface area contributed by atoms with Crippen LogP contribution >= 0.6 is 0 Å². The van der Waals surface area contributed by atoms with E-state index in [9.17, 15) is 19.8 Å². The maximum absolute atomic E-state index is 12.3. The summed E-state index contributed by atoms with van der Waals surface area (Å²) in [5.41, 5.74) is -0.687. The highest BCUT2D eigenvalue weighted by atomic mass is 16.6. The maximum atomic E-state index is 12.3. The van der Waals surface area contributed by atoms with Gasteiger partial charge in [-0.1, -0.05) is 26.2 Å². The molecule has 5 atom stereocenters. The largest absolute Gasteiger partial charge is 0.449 e. The fraction of sp³-hybridized carbons (Fsp3) is 0.611. The molecule has 27 heavy (non-hydrogen) atoms. The Kier molecular flexibility index (Phi) is 6.96. The Morgan fingerprint density at radius 1 is 1.52 bits per heavy atom. The standard InChI is InChI=1S/C18H25N3O6/c1-5-10(3)7-8-26-18(25)20-15-12(6-2)9-21(17(24)19-15)16-14(23)13(22)11(4)27-16/h2,9-11,13-14,16,22-23H,5,7-8H2,1,3-4H3,(H,19,20,24,25)/t10?,11-,13-,14-,16-/m1/s1. The van der Waals surface area contributed by atoms with E-state index in [1.54, 1.807) is 6.92 Å². The number of anilines is 1. The molecule has 1 aliphatic rings. The summed E-state index contributed by atoms with van der Waals surface area (Å²) in [5.74, 6) is 2.63. The fourth-order valence-electron chi connectivity index (χ4n) is 2.60. The molecule has 1 fully saturated rings. The molecule has 1 amide bonds. The van der Waals surface area contributed by atoms with Crippen molar-refractivity contribution in [2.45, 2.75) is 58.2 Å². The third-order valence-electron chi connectivity index (χ3n) is 4.62. The minimum absolute atomic E-state index is 0.110. The topological polar surface area (TPSA) is 123 Å². The monoisotopic (exact) mass is 379 g/mol. The highest BCUT2D eigenvalue weighted by Crippen LogP contribution is 2.28. The van der Waals surface area contributed by atoms with Crippen LogP contribution in [0, 0.1) is 18.3 Å². The van der Waals surface area contributed by atoms with E-state index in [4.69, 9.17) is 15.9 Å². The minimum atomic E-state index is -1.31. The molecule has 1 saturated heterocycles. The Morgan fingerprint density at radius 2 is 2.22 bits per heavy atom. The van der Waals surface area contributed by atoms with Crippen molar-refractivity contribution in [3.8, 4) is 12.3 Å². The van der Waals surface area contributed by atoms with Gasteiger partial charge in [0.15, 0.2) is 12.0 Å². The Hall–Kier alpha value is -2.41. The van der Waals surface area contributed by atoms with E-state index in [0.29, 0.717) is 5.92 Å². The van der Waals surface area contributed by atoms with Gasteiger partial charge in [0.1, 0.15) is 12.2 Å². The molecule has 1 aromatic rings. The van der Waals surface area contributed by atoms with Gasteiger partial charge < -0.3 is 19.7 Å². The first-order valence-electron chi connectivity index (χ1n) is 8.83. The van der Waals surface area contributed by atoms with Gasteiger partial charge in [0.05, 0.1) is 18.3 Å². The van der Waals surface area contributed by atoms with Gasteiger partial charge in [0.25, 0.3) is 0 Å². The maximum Gasteiger partial charge on any atom is 0.412 e. The molecule has 148 valence electrons. The molecule has 0 radical (unpaired) electrons. The lowest BCUT2D eigenvalue weighted by atomic mass is 10.1. The van der Waals surface area contributed by atoms with Gasteiger partial charge in [-0.25, -0.2) is 9.59 Å². The second-order valence-electron chi connectivity index (χ2n) is 6.61. The van der Waals surface area contributed by atoms with Crippen molar-refractivity contribution in [2.24, 2.45) is 5.92 Å². The number of nitrogens with one attached hydrogen (secondary N) is 1. The number of rotatable bonds is 6. The smallest absolute Gasteiger partial charge is 0.412 e. The summed E-state index contributed by atoms with van der Waals surface area (Å²) in [6.07, 6.45) is 3.37.